The minimum Gasteiger partial charge on any atom is -0.456 e. The van der Waals surface area contributed by atoms with Crippen molar-refractivity contribution in [1.29, 1.82) is 0 Å². The lowest BCUT2D eigenvalue weighted by Gasteiger charge is -2.37. The third-order valence-electron chi connectivity index (χ3n) is 6.58. The topological polar surface area (TPSA) is 104 Å². The van der Waals surface area contributed by atoms with Gasteiger partial charge in [-0.1, -0.05) is 43.4 Å². The lowest BCUT2D eigenvalue weighted by molar-refractivity contribution is -0.671. The number of hydrogen-bond donors (Lipinski definition) is 1. The van der Waals surface area contributed by atoms with E-state index in [1.807, 2.05) is 35.8 Å². The van der Waals surface area contributed by atoms with Crippen LogP contribution in [-0.4, -0.2) is 42.7 Å². The number of pyridine rings is 1. The monoisotopic (exact) mass is 614 g/mol. The standard InChI is InChI=1S/C24H32IN3O6Si/c1-24(2,3)35(5,6)32-15-19-18(34-22(30)17-8-7-11-27(4)13-17)12-20(33-19)28-14-16(9-10-25)21(29)26-23(28)31/h7-11,13-14,18-20H,12,15H2,1-6H3/p+1/b10-9+/t18-,19+,20+/m0/s1. The van der Waals surface area contributed by atoms with Gasteiger partial charge in [-0.25, -0.2) is 14.2 Å². The van der Waals surface area contributed by atoms with E-state index in [4.69, 9.17) is 13.9 Å². The number of rotatable bonds is 7. The molecule has 0 aromatic carbocycles. The molecule has 0 amide bonds. The van der Waals surface area contributed by atoms with Crippen molar-refractivity contribution in [1.82, 2.24) is 9.55 Å². The first-order chi connectivity index (χ1) is 16.3. The highest BCUT2D eigenvalue weighted by atomic mass is 127. The molecule has 0 saturated carbocycles. The summed E-state index contributed by atoms with van der Waals surface area (Å²) >= 11 is 2.00. The molecule has 190 valence electrons. The molecule has 2 aromatic rings. The van der Waals surface area contributed by atoms with Crippen molar-refractivity contribution in [3.63, 3.8) is 0 Å². The van der Waals surface area contributed by atoms with E-state index in [1.165, 1.54) is 10.8 Å². The SMILES string of the molecule is C[n+]1cccc(C(=O)O[C@H]2C[C@H](n3cc(/C=C/I)c(=O)[nH]c3=O)O[C@@H]2CO[Si](C)(C)C(C)(C)C)c1. The normalized spacial score (nSPS) is 20.9. The second-order valence-corrected chi connectivity index (χ2v) is 15.7. The predicted molar refractivity (Wildman–Crippen MR) is 143 cm³/mol. The number of carbonyl (C=O) groups is 1. The Morgan fingerprint density at radius 2 is 2.09 bits per heavy atom. The Balaban J connectivity index is 1.88. The van der Waals surface area contributed by atoms with Gasteiger partial charge in [-0.3, -0.25) is 14.3 Å². The summed E-state index contributed by atoms with van der Waals surface area (Å²) in [5.74, 6) is -0.477. The van der Waals surface area contributed by atoms with E-state index in [0.29, 0.717) is 11.1 Å². The van der Waals surface area contributed by atoms with Gasteiger partial charge in [0.2, 0.25) is 0 Å². The summed E-state index contributed by atoms with van der Waals surface area (Å²) in [4.78, 5) is 39.9. The van der Waals surface area contributed by atoms with E-state index in [9.17, 15) is 14.4 Å². The average molecular weight is 615 g/mol. The van der Waals surface area contributed by atoms with Crippen LogP contribution in [0.25, 0.3) is 6.08 Å². The summed E-state index contributed by atoms with van der Waals surface area (Å²) in [5, 5.41) is -0.00744. The van der Waals surface area contributed by atoms with Crippen LogP contribution in [-0.2, 0) is 20.9 Å². The highest BCUT2D eigenvalue weighted by Gasteiger charge is 2.43. The number of aromatic nitrogens is 3. The maximum absolute atomic E-state index is 12.9. The maximum atomic E-state index is 12.9. The Bertz CT molecular complexity index is 1220. The Morgan fingerprint density at radius 1 is 1.37 bits per heavy atom. The summed E-state index contributed by atoms with van der Waals surface area (Å²) in [5.41, 5.74) is -0.321. The number of aryl methyl sites for hydroxylation is 1. The predicted octanol–water partition coefficient (Wildman–Crippen LogP) is 3.30. The Labute approximate surface area is 219 Å². The van der Waals surface area contributed by atoms with Gasteiger partial charge in [0.1, 0.15) is 31.0 Å². The third kappa shape index (κ3) is 6.57. The number of hydrogen-bond acceptors (Lipinski definition) is 6. The summed E-state index contributed by atoms with van der Waals surface area (Å²) in [6, 6.07) is 3.45. The van der Waals surface area contributed by atoms with Crippen molar-refractivity contribution in [3.05, 3.63) is 66.8 Å². The van der Waals surface area contributed by atoms with Crippen LogP contribution in [0.1, 0.15) is 49.3 Å². The number of halogens is 1. The number of nitrogens with zero attached hydrogens (tertiary/aromatic N) is 2. The minimum absolute atomic E-state index is 0.00744. The molecular weight excluding hydrogens is 581 g/mol. The fraction of sp³-hybridized carbons (Fsp3) is 0.500. The van der Waals surface area contributed by atoms with E-state index >= 15 is 0 Å². The van der Waals surface area contributed by atoms with E-state index in [-0.39, 0.29) is 18.1 Å². The van der Waals surface area contributed by atoms with Crippen LogP contribution in [0.15, 0.2) is 44.4 Å². The van der Waals surface area contributed by atoms with Gasteiger partial charge in [0.15, 0.2) is 20.7 Å². The molecule has 1 N–H and O–H groups in total. The van der Waals surface area contributed by atoms with E-state index < -0.39 is 44.0 Å². The number of nitrogens with one attached hydrogen (secondary N) is 1. The van der Waals surface area contributed by atoms with Crippen LogP contribution in [0.3, 0.4) is 0 Å². The van der Waals surface area contributed by atoms with Gasteiger partial charge >= 0.3 is 11.7 Å². The average Bonchev–Trinajstić information content (AvgIpc) is 3.15. The molecule has 3 atom stereocenters. The fourth-order valence-electron chi connectivity index (χ4n) is 3.47. The summed E-state index contributed by atoms with van der Waals surface area (Å²) in [6.07, 6.45) is 4.90. The molecule has 1 aliphatic heterocycles. The largest absolute Gasteiger partial charge is 0.456 e. The molecule has 3 rings (SSSR count). The van der Waals surface area contributed by atoms with Crippen molar-refractivity contribution in [3.8, 4) is 0 Å². The van der Waals surface area contributed by atoms with Gasteiger partial charge in [-0.05, 0) is 34.4 Å². The van der Waals surface area contributed by atoms with Crippen molar-refractivity contribution >= 4 is 43.0 Å². The number of H-pyrrole nitrogens is 1. The number of ether oxygens (including phenoxy) is 2. The van der Waals surface area contributed by atoms with Crippen molar-refractivity contribution in [2.24, 2.45) is 7.05 Å². The van der Waals surface area contributed by atoms with Gasteiger partial charge in [0.05, 0.1) is 12.2 Å². The second kappa shape index (κ2) is 10.9. The second-order valence-electron chi connectivity index (χ2n) is 10.2. The molecule has 3 heterocycles. The van der Waals surface area contributed by atoms with Crippen LogP contribution in [0.4, 0.5) is 0 Å². The van der Waals surface area contributed by atoms with Gasteiger partial charge in [-0.15, -0.1) is 0 Å². The minimum atomic E-state index is -2.10. The zero-order chi connectivity index (χ0) is 26.0. The molecule has 9 nitrogen and oxygen atoms in total. The van der Waals surface area contributed by atoms with Crippen LogP contribution >= 0.6 is 22.6 Å². The van der Waals surface area contributed by atoms with Crippen molar-refractivity contribution < 1.29 is 23.3 Å². The first-order valence-corrected chi connectivity index (χ1v) is 15.6. The number of esters is 1. The van der Waals surface area contributed by atoms with Crippen LogP contribution in [0.5, 0.6) is 0 Å². The highest BCUT2D eigenvalue weighted by Crippen LogP contribution is 2.38. The molecule has 2 aromatic heterocycles. The van der Waals surface area contributed by atoms with E-state index in [2.05, 4.69) is 38.8 Å². The van der Waals surface area contributed by atoms with Gasteiger partial charge < -0.3 is 13.9 Å². The smallest absolute Gasteiger partial charge is 0.344 e. The molecule has 35 heavy (non-hydrogen) atoms. The third-order valence-corrected chi connectivity index (χ3v) is 11.4. The molecule has 0 aliphatic carbocycles. The highest BCUT2D eigenvalue weighted by molar-refractivity contribution is 14.1. The summed E-state index contributed by atoms with van der Waals surface area (Å²) < 4.78 is 23.2. The molecule has 0 unspecified atom stereocenters. The molecule has 11 heteroatoms. The number of carbonyl (C=O) groups excluding carboxylic acids is 1. The lowest BCUT2D eigenvalue weighted by Crippen LogP contribution is -2.44. The molecule has 1 aliphatic rings. The van der Waals surface area contributed by atoms with E-state index in [1.54, 1.807) is 33.1 Å². The fourth-order valence-corrected chi connectivity index (χ4v) is 4.87. The Hall–Kier alpha value is -2.09. The molecule has 0 bridgehead atoms. The molecular formula is C24H33IN3O6Si+. The first kappa shape index (κ1) is 27.5. The molecule has 1 saturated heterocycles. The zero-order valence-electron chi connectivity index (χ0n) is 20.9. The summed E-state index contributed by atoms with van der Waals surface area (Å²) in [7, 11) is -0.277. The van der Waals surface area contributed by atoms with Crippen LogP contribution in [0.2, 0.25) is 18.1 Å². The van der Waals surface area contributed by atoms with Gasteiger partial charge in [0, 0.05) is 18.7 Å². The Morgan fingerprint density at radius 3 is 2.71 bits per heavy atom. The Kier molecular flexibility index (Phi) is 8.55. The zero-order valence-corrected chi connectivity index (χ0v) is 24.1. The van der Waals surface area contributed by atoms with Crippen molar-refractivity contribution in [2.75, 3.05) is 6.61 Å². The van der Waals surface area contributed by atoms with Crippen LogP contribution < -0.4 is 15.8 Å². The molecule has 1 fully saturated rings. The lowest BCUT2D eigenvalue weighted by atomic mass is 10.1. The van der Waals surface area contributed by atoms with Gasteiger partial charge in [-0.2, -0.15) is 0 Å². The van der Waals surface area contributed by atoms with E-state index in [0.717, 1.165) is 0 Å². The quantitative estimate of drug-likeness (QED) is 0.222. The first-order valence-electron chi connectivity index (χ1n) is 11.4. The number of aromatic amines is 1. The summed E-state index contributed by atoms with van der Waals surface area (Å²) in [6.45, 7) is 10.9. The van der Waals surface area contributed by atoms with Crippen LogP contribution in [0, 0.1) is 0 Å². The van der Waals surface area contributed by atoms with Gasteiger partial charge in [0.25, 0.3) is 5.56 Å². The maximum Gasteiger partial charge on any atom is 0.344 e. The molecule has 0 spiro atoms. The van der Waals surface area contributed by atoms with Crippen molar-refractivity contribution in [2.45, 2.75) is 63.8 Å². The molecule has 0 radical (unpaired) electrons.